The average Bonchev–Trinajstić information content (AvgIpc) is 3.25. The number of hydrogen-bond acceptors (Lipinski definition) is 4. The lowest BCUT2D eigenvalue weighted by Crippen LogP contribution is -2.51. The fraction of sp³-hybridized carbons (Fsp3) is 0.261. The average molecular weight is 422 g/mol. The van der Waals surface area contributed by atoms with Crippen LogP contribution in [0.1, 0.15) is 17.4 Å². The first-order valence-electron chi connectivity index (χ1n) is 10.2. The molecule has 7 nitrogen and oxygen atoms in total. The van der Waals surface area contributed by atoms with E-state index in [0.29, 0.717) is 44.2 Å². The van der Waals surface area contributed by atoms with E-state index in [9.17, 15) is 14.0 Å². The smallest absolute Gasteiger partial charge is 0.409 e. The van der Waals surface area contributed by atoms with Gasteiger partial charge >= 0.3 is 6.09 Å². The summed E-state index contributed by atoms with van der Waals surface area (Å²) in [6, 6.07) is 17.1. The first kappa shape index (κ1) is 20.6. The molecule has 1 aromatic heterocycles. The van der Waals surface area contributed by atoms with Gasteiger partial charge in [0.15, 0.2) is 0 Å². The molecule has 0 saturated carbocycles. The fourth-order valence-corrected chi connectivity index (χ4v) is 3.53. The molecule has 2 heterocycles. The second-order valence-corrected chi connectivity index (χ2v) is 7.15. The van der Waals surface area contributed by atoms with Crippen molar-refractivity contribution in [2.24, 2.45) is 0 Å². The number of halogens is 1. The van der Waals surface area contributed by atoms with Crippen LogP contribution in [-0.4, -0.2) is 64.4 Å². The molecule has 0 aliphatic carbocycles. The van der Waals surface area contributed by atoms with Crippen molar-refractivity contribution in [2.45, 2.75) is 6.92 Å². The first-order valence-corrected chi connectivity index (χ1v) is 10.2. The van der Waals surface area contributed by atoms with E-state index >= 15 is 0 Å². The van der Waals surface area contributed by atoms with E-state index in [2.05, 4.69) is 5.10 Å². The Labute approximate surface area is 179 Å². The highest BCUT2D eigenvalue weighted by molar-refractivity contribution is 5.94. The second-order valence-electron chi connectivity index (χ2n) is 7.15. The maximum Gasteiger partial charge on any atom is 0.409 e. The molecule has 4 rings (SSSR count). The Morgan fingerprint density at radius 3 is 2.26 bits per heavy atom. The van der Waals surface area contributed by atoms with Gasteiger partial charge in [0.2, 0.25) is 0 Å². The van der Waals surface area contributed by atoms with Crippen LogP contribution in [0.5, 0.6) is 0 Å². The molecule has 1 fully saturated rings. The fourth-order valence-electron chi connectivity index (χ4n) is 3.53. The van der Waals surface area contributed by atoms with Crippen molar-refractivity contribution in [1.29, 1.82) is 0 Å². The van der Waals surface area contributed by atoms with Crippen molar-refractivity contribution < 1.29 is 18.7 Å². The summed E-state index contributed by atoms with van der Waals surface area (Å²) in [6.45, 7) is 3.72. The zero-order valence-corrected chi connectivity index (χ0v) is 17.2. The molecule has 3 aromatic rings. The minimum Gasteiger partial charge on any atom is -0.450 e. The predicted molar refractivity (Wildman–Crippen MR) is 113 cm³/mol. The monoisotopic (exact) mass is 422 g/mol. The molecule has 2 amide bonds. The third kappa shape index (κ3) is 4.42. The molecular formula is C23H23FN4O3. The molecule has 0 atom stereocenters. The number of aromatic nitrogens is 2. The number of para-hydroxylation sites is 1. The number of hydrogen-bond donors (Lipinski definition) is 0. The van der Waals surface area contributed by atoms with E-state index in [4.69, 9.17) is 4.74 Å². The number of carbonyl (C=O) groups excluding carboxylic acids is 2. The zero-order valence-electron chi connectivity index (χ0n) is 17.2. The Hall–Kier alpha value is -3.68. The van der Waals surface area contributed by atoms with Gasteiger partial charge in [0, 0.05) is 31.7 Å². The lowest BCUT2D eigenvalue weighted by Gasteiger charge is -2.34. The molecule has 1 aliphatic heterocycles. The first-order chi connectivity index (χ1) is 15.1. The van der Waals surface area contributed by atoms with Crippen molar-refractivity contribution in [2.75, 3.05) is 32.8 Å². The van der Waals surface area contributed by atoms with Gasteiger partial charge in [-0.1, -0.05) is 18.2 Å². The van der Waals surface area contributed by atoms with Crippen LogP contribution >= 0.6 is 0 Å². The van der Waals surface area contributed by atoms with Crippen LogP contribution in [0.25, 0.3) is 16.9 Å². The lowest BCUT2D eigenvalue weighted by molar-refractivity contribution is 0.0563. The number of amides is 2. The zero-order chi connectivity index (χ0) is 21.8. The van der Waals surface area contributed by atoms with Crippen LogP contribution < -0.4 is 0 Å². The summed E-state index contributed by atoms with van der Waals surface area (Å²) < 4.78 is 20.0. The Bertz CT molecular complexity index is 1060. The Kier molecular flexibility index (Phi) is 5.97. The third-order valence-corrected chi connectivity index (χ3v) is 5.16. The van der Waals surface area contributed by atoms with Gasteiger partial charge < -0.3 is 14.5 Å². The molecular weight excluding hydrogens is 399 g/mol. The standard InChI is InChI=1S/C23H23FN4O3/c1-2-31-23(30)27-14-12-26(13-15-27)22(29)21-16-20(17-8-10-18(24)11-9-17)25-28(21)19-6-4-3-5-7-19/h3-11,16H,2,12-15H2,1H3. The van der Waals surface area contributed by atoms with E-state index in [1.807, 2.05) is 30.3 Å². The molecule has 0 unspecified atom stereocenters. The highest BCUT2D eigenvalue weighted by Gasteiger charge is 2.28. The lowest BCUT2D eigenvalue weighted by atomic mass is 10.1. The van der Waals surface area contributed by atoms with Crippen molar-refractivity contribution in [3.8, 4) is 16.9 Å². The van der Waals surface area contributed by atoms with E-state index in [1.54, 1.807) is 39.6 Å². The number of carbonyl (C=O) groups is 2. The summed E-state index contributed by atoms with van der Waals surface area (Å²) in [7, 11) is 0. The molecule has 8 heteroatoms. The van der Waals surface area contributed by atoms with Gasteiger partial charge in [0.25, 0.3) is 5.91 Å². The SMILES string of the molecule is CCOC(=O)N1CCN(C(=O)c2cc(-c3ccc(F)cc3)nn2-c2ccccc2)CC1. The topological polar surface area (TPSA) is 67.7 Å². The number of ether oxygens (including phenoxy) is 1. The van der Waals surface area contributed by atoms with Gasteiger partial charge in [-0.25, -0.2) is 13.9 Å². The molecule has 31 heavy (non-hydrogen) atoms. The van der Waals surface area contributed by atoms with Crippen LogP contribution in [0.15, 0.2) is 60.7 Å². The highest BCUT2D eigenvalue weighted by Crippen LogP contribution is 2.23. The Morgan fingerprint density at radius 1 is 0.968 bits per heavy atom. The molecule has 0 N–H and O–H groups in total. The van der Waals surface area contributed by atoms with Gasteiger partial charge in [-0.3, -0.25) is 4.79 Å². The van der Waals surface area contributed by atoms with E-state index in [-0.39, 0.29) is 17.8 Å². The quantitative estimate of drug-likeness (QED) is 0.644. The van der Waals surface area contributed by atoms with E-state index in [1.165, 1.54) is 12.1 Å². The molecule has 0 bridgehead atoms. The molecule has 1 aliphatic rings. The van der Waals surface area contributed by atoms with Crippen LogP contribution in [0, 0.1) is 5.82 Å². The van der Waals surface area contributed by atoms with Crippen molar-refractivity contribution in [3.63, 3.8) is 0 Å². The molecule has 0 radical (unpaired) electrons. The van der Waals surface area contributed by atoms with Crippen LogP contribution in [0.2, 0.25) is 0 Å². The molecule has 2 aromatic carbocycles. The van der Waals surface area contributed by atoms with Crippen LogP contribution in [0.3, 0.4) is 0 Å². The van der Waals surface area contributed by atoms with Gasteiger partial charge in [0.1, 0.15) is 11.5 Å². The third-order valence-electron chi connectivity index (χ3n) is 5.16. The van der Waals surface area contributed by atoms with Gasteiger partial charge in [-0.2, -0.15) is 5.10 Å². The molecule has 160 valence electrons. The summed E-state index contributed by atoms with van der Waals surface area (Å²) in [5, 5.41) is 4.63. The minimum absolute atomic E-state index is 0.173. The summed E-state index contributed by atoms with van der Waals surface area (Å²) in [6.07, 6.45) is -0.359. The predicted octanol–water partition coefficient (Wildman–Crippen LogP) is 3.59. The van der Waals surface area contributed by atoms with Gasteiger partial charge in [0.05, 0.1) is 18.0 Å². The number of nitrogens with zero attached hydrogens (tertiary/aromatic N) is 4. The molecule has 0 spiro atoms. The normalized spacial score (nSPS) is 13.9. The summed E-state index contributed by atoms with van der Waals surface area (Å²) in [5.74, 6) is -0.504. The van der Waals surface area contributed by atoms with Crippen LogP contribution in [0.4, 0.5) is 9.18 Å². The van der Waals surface area contributed by atoms with Crippen molar-refractivity contribution in [3.05, 3.63) is 72.2 Å². The highest BCUT2D eigenvalue weighted by atomic mass is 19.1. The summed E-state index contributed by atoms with van der Waals surface area (Å²) in [4.78, 5) is 28.6. The summed E-state index contributed by atoms with van der Waals surface area (Å²) in [5.41, 5.74) is 2.47. The van der Waals surface area contributed by atoms with E-state index < -0.39 is 0 Å². The van der Waals surface area contributed by atoms with Crippen LogP contribution in [-0.2, 0) is 4.74 Å². The Balaban J connectivity index is 1.61. The number of benzene rings is 2. The second kappa shape index (κ2) is 8.99. The largest absolute Gasteiger partial charge is 0.450 e. The van der Waals surface area contributed by atoms with Crippen molar-refractivity contribution in [1.82, 2.24) is 19.6 Å². The number of rotatable bonds is 4. The van der Waals surface area contributed by atoms with E-state index in [0.717, 1.165) is 11.3 Å². The Morgan fingerprint density at radius 2 is 1.61 bits per heavy atom. The maximum atomic E-state index is 13.4. The van der Waals surface area contributed by atoms with Gasteiger partial charge in [-0.05, 0) is 49.4 Å². The van der Waals surface area contributed by atoms with Gasteiger partial charge in [-0.15, -0.1) is 0 Å². The number of piperazine rings is 1. The molecule has 1 saturated heterocycles. The van der Waals surface area contributed by atoms with Crippen molar-refractivity contribution >= 4 is 12.0 Å². The summed E-state index contributed by atoms with van der Waals surface area (Å²) >= 11 is 0. The maximum absolute atomic E-state index is 13.4. The minimum atomic E-state index is -0.359.